The molecule has 0 spiro atoms. The predicted molar refractivity (Wildman–Crippen MR) is 66.0 cm³/mol. The maximum Gasteiger partial charge on any atom is 0.166 e. The molecule has 1 aromatic rings. The summed E-state index contributed by atoms with van der Waals surface area (Å²) in [5.74, 6) is 0.532. The highest BCUT2D eigenvalue weighted by Crippen LogP contribution is 2.32. The van der Waals surface area contributed by atoms with Crippen LogP contribution in [-0.2, 0) is 0 Å². The van der Waals surface area contributed by atoms with E-state index in [1.54, 1.807) is 6.20 Å². The number of hydrogen-bond acceptors (Lipinski definition) is 3. The molecule has 0 radical (unpaired) electrons. The maximum absolute atomic E-state index is 12.4. The highest BCUT2D eigenvalue weighted by Gasteiger charge is 2.36. The Morgan fingerprint density at radius 1 is 1.35 bits per heavy atom. The van der Waals surface area contributed by atoms with Crippen molar-refractivity contribution in [3.05, 3.63) is 29.6 Å². The molecule has 2 aliphatic rings. The molecule has 90 valence electrons. The molecule has 2 unspecified atom stereocenters. The molecule has 3 rings (SSSR count). The minimum atomic E-state index is 0.218. The summed E-state index contributed by atoms with van der Waals surface area (Å²) >= 11 is 0. The molecule has 1 N–H and O–H groups in total. The van der Waals surface area contributed by atoms with Crippen molar-refractivity contribution < 1.29 is 4.79 Å². The van der Waals surface area contributed by atoms with Gasteiger partial charge in [-0.1, -0.05) is 0 Å². The van der Waals surface area contributed by atoms with Gasteiger partial charge in [-0.25, -0.2) is 0 Å². The van der Waals surface area contributed by atoms with Crippen LogP contribution in [0.25, 0.3) is 0 Å². The number of piperidine rings is 1. The maximum atomic E-state index is 12.4. The first-order chi connectivity index (χ1) is 8.22. The number of fused-ring (bicyclic) bond motifs is 2. The molecule has 0 amide bonds. The molecule has 2 fully saturated rings. The van der Waals surface area contributed by atoms with Crippen molar-refractivity contribution in [3.63, 3.8) is 0 Å². The Balaban J connectivity index is 1.78. The molecule has 0 aliphatic carbocycles. The minimum Gasteiger partial charge on any atom is -0.311 e. The molecule has 0 saturated carbocycles. The van der Waals surface area contributed by atoms with Crippen molar-refractivity contribution in [2.24, 2.45) is 5.92 Å². The van der Waals surface area contributed by atoms with Gasteiger partial charge in [0, 0.05) is 35.5 Å². The molecule has 3 nitrogen and oxygen atoms in total. The average Bonchev–Trinajstić information content (AvgIpc) is 2.67. The number of hydrogen-bond donors (Lipinski definition) is 1. The average molecular weight is 230 g/mol. The molecule has 2 bridgehead atoms. The quantitative estimate of drug-likeness (QED) is 0.791. The lowest BCUT2D eigenvalue weighted by atomic mass is 9.86. The van der Waals surface area contributed by atoms with E-state index in [1.807, 2.05) is 19.1 Å². The lowest BCUT2D eigenvalue weighted by Gasteiger charge is -2.28. The van der Waals surface area contributed by atoms with Gasteiger partial charge in [0.25, 0.3) is 0 Å². The Morgan fingerprint density at radius 2 is 2.06 bits per heavy atom. The third-order valence-electron chi connectivity index (χ3n) is 4.03. The van der Waals surface area contributed by atoms with E-state index >= 15 is 0 Å². The van der Waals surface area contributed by atoms with Crippen molar-refractivity contribution in [2.75, 3.05) is 0 Å². The van der Waals surface area contributed by atoms with E-state index in [0.29, 0.717) is 17.9 Å². The third kappa shape index (κ3) is 2.12. The zero-order valence-corrected chi connectivity index (χ0v) is 10.1. The molecule has 2 saturated heterocycles. The van der Waals surface area contributed by atoms with Gasteiger partial charge in [0.05, 0.1) is 0 Å². The summed E-state index contributed by atoms with van der Waals surface area (Å²) in [6.45, 7) is 1.93. The van der Waals surface area contributed by atoms with Crippen molar-refractivity contribution in [1.82, 2.24) is 10.3 Å². The van der Waals surface area contributed by atoms with Gasteiger partial charge in [-0.2, -0.15) is 0 Å². The Labute approximate surface area is 102 Å². The minimum absolute atomic E-state index is 0.218. The molecule has 17 heavy (non-hydrogen) atoms. The molecule has 3 heterocycles. The fraction of sp³-hybridized carbons (Fsp3) is 0.571. The van der Waals surface area contributed by atoms with Crippen molar-refractivity contribution in [3.8, 4) is 0 Å². The van der Waals surface area contributed by atoms with Gasteiger partial charge in [0.1, 0.15) is 0 Å². The summed E-state index contributed by atoms with van der Waals surface area (Å²) in [7, 11) is 0. The molecule has 0 aromatic carbocycles. The van der Waals surface area contributed by atoms with E-state index in [4.69, 9.17) is 0 Å². The van der Waals surface area contributed by atoms with Crippen molar-refractivity contribution in [1.29, 1.82) is 0 Å². The smallest absolute Gasteiger partial charge is 0.166 e. The summed E-state index contributed by atoms with van der Waals surface area (Å²) in [5, 5.41) is 3.57. The second-order valence-electron chi connectivity index (χ2n) is 5.36. The molecular weight excluding hydrogens is 212 g/mol. The fourth-order valence-electron chi connectivity index (χ4n) is 3.21. The zero-order chi connectivity index (χ0) is 11.8. The zero-order valence-electron chi connectivity index (χ0n) is 10.1. The number of pyridine rings is 1. The Hall–Kier alpha value is -1.22. The SMILES string of the molecule is Cc1cc(C(=O)C2CC3CCC(C2)N3)ccn1. The van der Waals surface area contributed by atoms with Crippen LogP contribution in [-0.4, -0.2) is 22.9 Å². The number of rotatable bonds is 2. The van der Waals surface area contributed by atoms with Crippen molar-refractivity contribution in [2.45, 2.75) is 44.7 Å². The number of carbonyl (C=O) groups excluding carboxylic acids is 1. The number of carbonyl (C=O) groups is 1. The van der Waals surface area contributed by atoms with E-state index in [2.05, 4.69) is 10.3 Å². The largest absolute Gasteiger partial charge is 0.311 e. The molecule has 2 atom stereocenters. The summed E-state index contributed by atoms with van der Waals surface area (Å²) < 4.78 is 0. The first-order valence-electron chi connectivity index (χ1n) is 6.45. The number of nitrogens with zero attached hydrogens (tertiary/aromatic N) is 1. The third-order valence-corrected chi connectivity index (χ3v) is 4.03. The summed E-state index contributed by atoms with van der Waals surface area (Å²) in [5.41, 5.74) is 1.76. The number of nitrogens with one attached hydrogen (secondary N) is 1. The van der Waals surface area contributed by atoms with Gasteiger partial charge < -0.3 is 5.32 Å². The summed E-state index contributed by atoms with van der Waals surface area (Å²) in [6.07, 6.45) is 6.24. The van der Waals surface area contributed by atoms with E-state index in [1.165, 1.54) is 12.8 Å². The topological polar surface area (TPSA) is 42.0 Å². The second-order valence-corrected chi connectivity index (χ2v) is 5.36. The number of aryl methyl sites for hydroxylation is 1. The van der Waals surface area contributed by atoms with Gasteiger partial charge in [-0.05, 0) is 44.7 Å². The second kappa shape index (κ2) is 4.22. The number of ketones is 1. The highest BCUT2D eigenvalue weighted by atomic mass is 16.1. The normalized spacial score (nSPS) is 31.5. The number of Topliss-reactive ketones (excluding diaryl/α,β-unsaturated/α-hetero) is 1. The first-order valence-corrected chi connectivity index (χ1v) is 6.45. The summed E-state index contributed by atoms with van der Waals surface area (Å²) in [4.78, 5) is 16.6. The monoisotopic (exact) mass is 230 g/mol. The van der Waals surface area contributed by atoms with Crippen LogP contribution >= 0.6 is 0 Å². The molecular formula is C14H18N2O. The van der Waals surface area contributed by atoms with Crippen LogP contribution in [0.15, 0.2) is 18.3 Å². The van der Waals surface area contributed by atoms with Gasteiger partial charge in [-0.3, -0.25) is 9.78 Å². The standard InChI is InChI=1S/C14H18N2O/c1-9-6-10(4-5-15-9)14(17)11-7-12-2-3-13(8-11)16-12/h4-6,11-13,16H,2-3,7-8H2,1H3. The van der Waals surface area contributed by atoms with Crippen LogP contribution in [0, 0.1) is 12.8 Å². The van der Waals surface area contributed by atoms with E-state index < -0.39 is 0 Å². The van der Waals surface area contributed by atoms with Crippen LogP contribution in [0.1, 0.15) is 41.7 Å². The predicted octanol–water partition coefficient (Wildman–Crippen LogP) is 2.10. The van der Waals surface area contributed by atoms with E-state index in [-0.39, 0.29) is 5.92 Å². The van der Waals surface area contributed by atoms with Gasteiger partial charge >= 0.3 is 0 Å². The van der Waals surface area contributed by atoms with Crippen LogP contribution in [0.3, 0.4) is 0 Å². The van der Waals surface area contributed by atoms with Crippen LogP contribution in [0.2, 0.25) is 0 Å². The van der Waals surface area contributed by atoms with Gasteiger partial charge in [-0.15, -0.1) is 0 Å². The van der Waals surface area contributed by atoms with Gasteiger partial charge in [0.2, 0.25) is 0 Å². The number of aromatic nitrogens is 1. The lowest BCUT2D eigenvalue weighted by Crippen LogP contribution is -2.40. The van der Waals surface area contributed by atoms with Crippen LogP contribution in [0.5, 0.6) is 0 Å². The Morgan fingerprint density at radius 3 is 2.71 bits per heavy atom. The molecule has 2 aliphatic heterocycles. The Bertz CT molecular complexity index is 432. The van der Waals surface area contributed by atoms with Crippen molar-refractivity contribution >= 4 is 5.78 Å². The lowest BCUT2D eigenvalue weighted by molar-refractivity contribution is 0.0875. The highest BCUT2D eigenvalue weighted by molar-refractivity contribution is 5.98. The molecule has 1 aromatic heterocycles. The van der Waals surface area contributed by atoms with E-state index in [0.717, 1.165) is 24.1 Å². The molecule has 3 heteroatoms. The summed E-state index contributed by atoms with van der Waals surface area (Å²) in [6, 6.07) is 4.90. The van der Waals surface area contributed by atoms with Crippen LogP contribution < -0.4 is 5.32 Å². The van der Waals surface area contributed by atoms with E-state index in [9.17, 15) is 4.79 Å². The first kappa shape index (κ1) is 10.9. The Kier molecular flexibility index (Phi) is 2.71. The van der Waals surface area contributed by atoms with Gasteiger partial charge in [0.15, 0.2) is 5.78 Å². The van der Waals surface area contributed by atoms with Crippen LogP contribution in [0.4, 0.5) is 0 Å². The fourth-order valence-corrected chi connectivity index (χ4v) is 3.21.